The Kier molecular flexibility index (Phi) is 5.58. The Morgan fingerprint density at radius 1 is 0.861 bits per heavy atom. The molecule has 36 heavy (non-hydrogen) atoms. The first-order valence-electron chi connectivity index (χ1n) is 11.3. The van der Waals surface area contributed by atoms with Gasteiger partial charge in [-0.2, -0.15) is 0 Å². The van der Waals surface area contributed by atoms with Gasteiger partial charge in [-0.05, 0) is 34.7 Å². The zero-order chi connectivity index (χ0) is 24.6. The monoisotopic (exact) mass is 497 g/mol. The number of hydrogen-bond donors (Lipinski definition) is 1. The Balaban J connectivity index is 1.12. The number of fused-ring (bicyclic) bond motifs is 3. The van der Waals surface area contributed by atoms with E-state index in [1.807, 2.05) is 54.6 Å². The number of benzene rings is 4. The van der Waals surface area contributed by atoms with Gasteiger partial charge in [0.25, 0.3) is 5.91 Å². The minimum atomic E-state index is -0.511. The zero-order valence-corrected chi connectivity index (χ0v) is 19.7. The molecule has 6 rings (SSSR count). The van der Waals surface area contributed by atoms with Crippen LogP contribution in [0.4, 0.5) is 5.69 Å². The van der Waals surface area contributed by atoms with E-state index in [-0.39, 0.29) is 18.3 Å². The lowest BCUT2D eigenvalue weighted by Crippen LogP contribution is -2.21. The average Bonchev–Trinajstić information content (AvgIpc) is 3.37. The minimum absolute atomic E-state index is 0.00117. The zero-order valence-electron chi connectivity index (χ0n) is 18.9. The molecule has 2 aliphatic rings. The van der Waals surface area contributed by atoms with Crippen LogP contribution >= 0.6 is 11.8 Å². The molecule has 0 bridgehead atoms. The molecule has 7 nitrogen and oxygen atoms in total. The van der Waals surface area contributed by atoms with Crippen LogP contribution in [-0.4, -0.2) is 36.8 Å². The van der Waals surface area contributed by atoms with Crippen molar-refractivity contribution in [2.75, 3.05) is 24.5 Å². The maximum Gasteiger partial charge on any atom is 0.316 e. The second-order valence-corrected chi connectivity index (χ2v) is 9.30. The van der Waals surface area contributed by atoms with Crippen molar-refractivity contribution in [1.82, 2.24) is 0 Å². The molecule has 0 radical (unpaired) electrons. The molecule has 178 valence electrons. The van der Waals surface area contributed by atoms with Crippen molar-refractivity contribution in [1.29, 1.82) is 0 Å². The lowest BCUT2D eigenvalue weighted by molar-refractivity contribution is -0.144. The highest BCUT2D eigenvalue weighted by Gasteiger charge is 2.25. The number of ether oxygens (including phenoxy) is 3. The molecular weight excluding hydrogens is 478 g/mol. The predicted octanol–water partition coefficient (Wildman–Crippen LogP) is 5.05. The maximum atomic E-state index is 13.1. The van der Waals surface area contributed by atoms with Crippen molar-refractivity contribution in [3.05, 3.63) is 83.9 Å². The Hall–Kier alpha value is -4.30. The van der Waals surface area contributed by atoms with Gasteiger partial charge in [-0.1, -0.05) is 48.5 Å². The Morgan fingerprint density at radius 2 is 1.67 bits per heavy atom. The Morgan fingerprint density at radius 3 is 2.56 bits per heavy atom. The van der Waals surface area contributed by atoms with E-state index in [4.69, 9.17) is 14.2 Å². The van der Waals surface area contributed by atoms with E-state index in [1.54, 1.807) is 18.2 Å². The average molecular weight is 498 g/mol. The van der Waals surface area contributed by atoms with Gasteiger partial charge in [-0.3, -0.25) is 14.4 Å². The summed E-state index contributed by atoms with van der Waals surface area (Å²) in [5.74, 6) is 0.226. The lowest BCUT2D eigenvalue weighted by Gasteiger charge is -2.21. The molecule has 4 aromatic rings. The number of ketones is 1. The highest BCUT2D eigenvalue weighted by Crippen LogP contribution is 2.42. The molecule has 0 spiro atoms. The number of nitrogens with one attached hydrogen (secondary N) is 1. The molecule has 8 heteroatoms. The van der Waals surface area contributed by atoms with Crippen molar-refractivity contribution < 1.29 is 28.6 Å². The summed E-state index contributed by atoms with van der Waals surface area (Å²) >= 11 is 1.31. The van der Waals surface area contributed by atoms with Crippen LogP contribution in [0, 0.1) is 0 Å². The summed E-state index contributed by atoms with van der Waals surface area (Å²) in [5.41, 5.74) is 3.79. The van der Waals surface area contributed by atoms with Crippen molar-refractivity contribution in [3.63, 3.8) is 0 Å². The number of anilines is 1. The van der Waals surface area contributed by atoms with Crippen LogP contribution in [0.1, 0.15) is 15.9 Å². The second kappa shape index (κ2) is 9.05. The predicted molar refractivity (Wildman–Crippen MR) is 136 cm³/mol. The largest absolute Gasteiger partial charge is 0.455 e. The summed E-state index contributed by atoms with van der Waals surface area (Å²) in [6.45, 7) is -0.256. The smallest absolute Gasteiger partial charge is 0.316 e. The number of amides is 1. The summed E-state index contributed by atoms with van der Waals surface area (Å²) in [7, 11) is 0. The fourth-order valence-corrected chi connectivity index (χ4v) is 5.32. The molecule has 1 amide bonds. The summed E-state index contributed by atoms with van der Waals surface area (Å²) in [6, 6.07) is 22.2. The quantitative estimate of drug-likeness (QED) is 0.259. The topological polar surface area (TPSA) is 90.9 Å². The van der Waals surface area contributed by atoms with Gasteiger partial charge in [0.15, 0.2) is 23.9 Å². The van der Waals surface area contributed by atoms with Crippen molar-refractivity contribution >= 4 is 45.9 Å². The first kappa shape index (κ1) is 22.2. The molecule has 0 aromatic heterocycles. The van der Waals surface area contributed by atoms with E-state index < -0.39 is 18.5 Å². The minimum Gasteiger partial charge on any atom is -0.455 e. The lowest BCUT2D eigenvalue weighted by atomic mass is 9.83. The summed E-state index contributed by atoms with van der Waals surface area (Å²) < 4.78 is 15.7. The Bertz CT molecular complexity index is 1560. The van der Waals surface area contributed by atoms with E-state index in [2.05, 4.69) is 5.32 Å². The van der Waals surface area contributed by atoms with Crippen LogP contribution in [-0.2, 0) is 14.3 Å². The van der Waals surface area contributed by atoms with Crippen LogP contribution in [0.15, 0.2) is 77.7 Å². The molecule has 4 aromatic carbocycles. The summed E-state index contributed by atoms with van der Waals surface area (Å²) in [6.07, 6.45) is 0. The number of esters is 1. The number of carbonyl (C=O) groups excluding carboxylic acids is 3. The number of hydrogen-bond acceptors (Lipinski definition) is 7. The first-order chi connectivity index (χ1) is 17.6. The van der Waals surface area contributed by atoms with Gasteiger partial charge in [0.1, 0.15) is 0 Å². The Labute approximate surface area is 210 Å². The van der Waals surface area contributed by atoms with Crippen LogP contribution in [0.2, 0.25) is 0 Å². The second-order valence-electron chi connectivity index (χ2n) is 8.28. The van der Waals surface area contributed by atoms with Crippen LogP contribution in [0.5, 0.6) is 11.5 Å². The third-order valence-corrected chi connectivity index (χ3v) is 7.12. The molecule has 1 aliphatic carbocycles. The van der Waals surface area contributed by atoms with Crippen LogP contribution in [0.3, 0.4) is 0 Å². The number of rotatable bonds is 6. The third kappa shape index (κ3) is 3.95. The molecule has 1 heterocycles. The molecule has 0 atom stereocenters. The van der Waals surface area contributed by atoms with Gasteiger partial charge < -0.3 is 19.5 Å². The van der Waals surface area contributed by atoms with Crippen LogP contribution in [0.25, 0.3) is 21.9 Å². The van der Waals surface area contributed by atoms with Gasteiger partial charge >= 0.3 is 5.97 Å². The molecule has 0 saturated heterocycles. The van der Waals surface area contributed by atoms with Crippen molar-refractivity contribution in [3.8, 4) is 22.6 Å². The third-order valence-electron chi connectivity index (χ3n) is 6.07. The van der Waals surface area contributed by atoms with E-state index in [0.717, 1.165) is 26.8 Å². The summed E-state index contributed by atoms with van der Waals surface area (Å²) in [4.78, 5) is 38.5. The van der Waals surface area contributed by atoms with Gasteiger partial charge in [0.2, 0.25) is 6.79 Å². The standard InChI is InChI=1S/C28H19NO6S/c30-25(29-16-8-10-22-23(12-16)35-15-34-22)13-33-26(31)14-36-24-11-9-18-17-4-1-2-5-19(17)28(32)21-7-3-6-20(24)27(18)21/h1-12H,13-15H2,(H,29,30). The van der Waals surface area contributed by atoms with E-state index in [9.17, 15) is 14.4 Å². The molecule has 0 saturated carbocycles. The van der Waals surface area contributed by atoms with Crippen LogP contribution < -0.4 is 14.8 Å². The molecular formula is C28H19NO6S. The van der Waals surface area contributed by atoms with Gasteiger partial charge in [-0.25, -0.2) is 0 Å². The first-order valence-corrected chi connectivity index (χ1v) is 12.2. The number of carbonyl (C=O) groups is 3. The number of thioether (sulfide) groups is 1. The van der Waals surface area contributed by atoms with Crippen molar-refractivity contribution in [2.24, 2.45) is 0 Å². The molecule has 1 aliphatic heterocycles. The fraction of sp³-hybridized carbons (Fsp3) is 0.107. The molecule has 1 N–H and O–H groups in total. The normalized spacial score (nSPS) is 12.8. The SMILES string of the molecule is O=C(COC(=O)CSc1ccc2c3c(cccc13)C(=O)c1ccccc1-2)Nc1ccc2c(c1)OCO2. The highest BCUT2D eigenvalue weighted by molar-refractivity contribution is 8.00. The van der Waals surface area contributed by atoms with Gasteiger partial charge in [0, 0.05) is 33.2 Å². The van der Waals surface area contributed by atoms with Gasteiger partial charge in [0.05, 0.1) is 5.75 Å². The molecule has 0 unspecified atom stereocenters. The van der Waals surface area contributed by atoms with E-state index in [1.165, 1.54) is 11.8 Å². The fourth-order valence-electron chi connectivity index (χ4n) is 4.48. The highest BCUT2D eigenvalue weighted by atomic mass is 32.2. The molecule has 0 fully saturated rings. The summed E-state index contributed by atoms with van der Waals surface area (Å²) in [5, 5.41) is 4.47. The van der Waals surface area contributed by atoms with Gasteiger partial charge in [-0.15, -0.1) is 11.8 Å². The van der Waals surface area contributed by atoms with E-state index >= 15 is 0 Å². The van der Waals surface area contributed by atoms with E-state index in [0.29, 0.717) is 28.3 Å². The van der Waals surface area contributed by atoms with Crippen molar-refractivity contribution in [2.45, 2.75) is 4.90 Å². The maximum absolute atomic E-state index is 13.1.